The summed E-state index contributed by atoms with van der Waals surface area (Å²) < 4.78 is 32.2. The SMILES string of the molecule is CCCOC(=O)c1cc(OC)c(OC)c(OC)c1C#Cc1ccc(OC)c(OC)c1. The molecule has 2 rings (SSSR count). The van der Waals surface area contributed by atoms with Gasteiger partial charge in [-0.15, -0.1) is 0 Å². The van der Waals surface area contributed by atoms with Crippen molar-refractivity contribution in [2.75, 3.05) is 42.2 Å². The molecule has 0 saturated heterocycles. The average Bonchev–Trinajstić information content (AvgIpc) is 2.79. The summed E-state index contributed by atoms with van der Waals surface area (Å²) in [6.45, 7) is 2.21. The largest absolute Gasteiger partial charge is 0.493 e. The van der Waals surface area contributed by atoms with Crippen LogP contribution in [0.25, 0.3) is 0 Å². The van der Waals surface area contributed by atoms with Crippen molar-refractivity contribution in [2.24, 2.45) is 0 Å². The summed E-state index contributed by atoms with van der Waals surface area (Å²) >= 11 is 0. The van der Waals surface area contributed by atoms with Crippen LogP contribution in [-0.2, 0) is 4.74 Å². The van der Waals surface area contributed by atoms with Crippen molar-refractivity contribution >= 4 is 5.97 Å². The van der Waals surface area contributed by atoms with Crippen molar-refractivity contribution in [3.05, 3.63) is 41.0 Å². The Morgan fingerprint density at radius 2 is 1.47 bits per heavy atom. The van der Waals surface area contributed by atoms with E-state index in [1.54, 1.807) is 32.4 Å². The average molecular weight is 414 g/mol. The van der Waals surface area contributed by atoms with Crippen molar-refractivity contribution < 1.29 is 33.2 Å². The summed E-state index contributed by atoms with van der Waals surface area (Å²) in [5.41, 5.74) is 1.23. The lowest BCUT2D eigenvalue weighted by Gasteiger charge is -2.16. The molecular formula is C23H26O7. The van der Waals surface area contributed by atoms with Crippen LogP contribution in [-0.4, -0.2) is 48.1 Å². The van der Waals surface area contributed by atoms with Crippen LogP contribution >= 0.6 is 0 Å². The zero-order valence-electron chi connectivity index (χ0n) is 18.1. The van der Waals surface area contributed by atoms with Gasteiger partial charge in [0.2, 0.25) is 5.75 Å². The van der Waals surface area contributed by atoms with Crippen LogP contribution in [0.5, 0.6) is 28.7 Å². The van der Waals surface area contributed by atoms with Gasteiger partial charge in [0.25, 0.3) is 0 Å². The molecule has 0 unspecified atom stereocenters. The van der Waals surface area contributed by atoms with Crippen molar-refractivity contribution in [3.8, 4) is 40.6 Å². The van der Waals surface area contributed by atoms with Gasteiger partial charge in [-0.3, -0.25) is 0 Å². The Balaban J connectivity index is 2.65. The highest BCUT2D eigenvalue weighted by atomic mass is 16.5. The molecule has 160 valence electrons. The molecule has 0 N–H and O–H groups in total. The first-order valence-electron chi connectivity index (χ1n) is 9.28. The van der Waals surface area contributed by atoms with Gasteiger partial charge in [0.1, 0.15) is 0 Å². The second kappa shape index (κ2) is 10.9. The number of carbonyl (C=O) groups is 1. The Hall–Kier alpha value is -3.53. The van der Waals surface area contributed by atoms with Gasteiger partial charge in [-0.05, 0) is 24.6 Å². The maximum atomic E-state index is 12.7. The molecule has 0 spiro atoms. The molecule has 0 aromatic heterocycles. The smallest absolute Gasteiger partial charge is 0.339 e. The van der Waals surface area contributed by atoms with Crippen molar-refractivity contribution in [2.45, 2.75) is 13.3 Å². The number of hydrogen-bond donors (Lipinski definition) is 0. The summed E-state index contributed by atoms with van der Waals surface area (Å²) in [7, 11) is 7.55. The van der Waals surface area contributed by atoms with Gasteiger partial charge in [-0.2, -0.15) is 0 Å². The molecule has 0 fully saturated rings. The van der Waals surface area contributed by atoms with Gasteiger partial charge in [0.15, 0.2) is 23.0 Å². The van der Waals surface area contributed by atoms with E-state index >= 15 is 0 Å². The maximum Gasteiger partial charge on any atom is 0.339 e. The Labute approximate surface area is 176 Å². The van der Waals surface area contributed by atoms with Gasteiger partial charge >= 0.3 is 5.97 Å². The van der Waals surface area contributed by atoms with Crippen LogP contribution in [0.2, 0.25) is 0 Å². The van der Waals surface area contributed by atoms with E-state index in [0.29, 0.717) is 40.5 Å². The lowest BCUT2D eigenvalue weighted by molar-refractivity contribution is 0.0504. The van der Waals surface area contributed by atoms with Crippen LogP contribution in [0, 0.1) is 11.8 Å². The van der Waals surface area contributed by atoms with E-state index in [9.17, 15) is 4.79 Å². The fourth-order valence-corrected chi connectivity index (χ4v) is 2.76. The van der Waals surface area contributed by atoms with Crippen LogP contribution in [0.15, 0.2) is 24.3 Å². The second-order valence-electron chi connectivity index (χ2n) is 6.02. The number of rotatable bonds is 8. The quantitative estimate of drug-likeness (QED) is 0.482. The number of ether oxygens (including phenoxy) is 6. The monoisotopic (exact) mass is 414 g/mol. The molecule has 30 heavy (non-hydrogen) atoms. The molecular weight excluding hydrogens is 388 g/mol. The molecule has 0 aliphatic heterocycles. The first-order valence-corrected chi connectivity index (χ1v) is 9.28. The van der Waals surface area contributed by atoms with Crippen LogP contribution in [0.1, 0.15) is 34.8 Å². The van der Waals surface area contributed by atoms with Crippen LogP contribution in [0.3, 0.4) is 0 Å². The van der Waals surface area contributed by atoms with Crippen LogP contribution in [0.4, 0.5) is 0 Å². The number of hydrogen-bond acceptors (Lipinski definition) is 7. The zero-order chi connectivity index (χ0) is 22.1. The van der Waals surface area contributed by atoms with E-state index in [1.807, 2.05) is 6.92 Å². The van der Waals surface area contributed by atoms with Crippen LogP contribution < -0.4 is 23.7 Å². The van der Waals surface area contributed by atoms with E-state index in [1.165, 1.54) is 27.4 Å². The molecule has 0 amide bonds. The van der Waals surface area contributed by atoms with Gasteiger partial charge in [-0.1, -0.05) is 18.8 Å². The second-order valence-corrected chi connectivity index (χ2v) is 6.02. The van der Waals surface area contributed by atoms with Crippen molar-refractivity contribution in [1.29, 1.82) is 0 Å². The summed E-state index contributed by atoms with van der Waals surface area (Å²) in [5, 5.41) is 0. The normalized spacial score (nSPS) is 9.80. The molecule has 0 aliphatic rings. The predicted octanol–water partition coefficient (Wildman–Crippen LogP) is 3.70. The molecule has 2 aromatic carbocycles. The molecule has 0 atom stereocenters. The summed E-state index contributed by atoms with van der Waals surface area (Å²) in [5.74, 6) is 7.63. The number of esters is 1. The molecule has 0 saturated carbocycles. The fraction of sp³-hybridized carbons (Fsp3) is 0.348. The van der Waals surface area contributed by atoms with Gasteiger partial charge in [-0.25, -0.2) is 4.79 Å². The summed E-state index contributed by atoms with van der Waals surface area (Å²) in [4.78, 5) is 12.7. The van der Waals surface area contributed by atoms with E-state index in [-0.39, 0.29) is 17.9 Å². The lowest BCUT2D eigenvalue weighted by atomic mass is 10.0. The molecule has 7 nitrogen and oxygen atoms in total. The van der Waals surface area contributed by atoms with E-state index in [0.717, 1.165) is 0 Å². The van der Waals surface area contributed by atoms with Gasteiger partial charge in [0, 0.05) is 11.6 Å². The van der Waals surface area contributed by atoms with E-state index < -0.39 is 5.97 Å². The standard InChI is InChI=1S/C23H26O7/c1-7-12-30-23(24)17-14-20(27-4)22(29-6)21(28-5)16(17)10-8-15-9-11-18(25-2)19(13-15)26-3/h9,11,13-14H,7,12H2,1-6H3. The van der Waals surface area contributed by atoms with Gasteiger partial charge in [0.05, 0.1) is 53.3 Å². The van der Waals surface area contributed by atoms with E-state index in [2.05, 4.69) is 11.8 Å². The van der Waals surface area contributed by atoms with Crippen molar-refractivity contribution in [3.63, 3.8) is 0 Å². The summed E-state index contributed by atoms with van der Waals surface area (Å²) in [6.07, 6.45) is 0.697. The first-order chi connectivity index (χ1) is 14.5. The molecule has 0 heterocycles. The highest BCUT2D eigenvalue weighted by molar-refractivity contribution is 5.95. The molecule has 7 heteroatoms. The Kier molecular flexibility index (Phi) is 8.24. The lowest BCUT2D eigenvalue weighted by Crippen LogP contribution is -2.10. The first kappa shape index (κ1) is 22.8. The van der Waals surface area contributed by atoms with Gasteiger partial charge < -0.3 is 28.4 Å². The highest BCUT2D eigenvalue weighted by Gasteiger charge is 2.24. The third-order valence-corrected chi connectivity index (χ3v) is 4.20. The zero-order valence-corrected chi connectivity index (χ0v) is 18.1. The predicted molar refractivity (Wildman–Crippen MR) is 112 cm³/mol. The number of methoxy groups -OCH3 is 5. The maximum absolute atomic E-state index is 12.7. The fourth-order valence-electron chi connectivity index (χ4n) is 2.76. The Morgan fingerprint density at radius 1 is 0.800 bits per heavy atom. The minimum Gasteiger partial charge on any atom is -0.493 e. The third-order valence-electron chi connectivity index (χ3n) is 4.20. The number of benzene rings is 2. The molecule has 0 aliphatic carbocycles. The molecule has 0 radical (unpaired) electrons. The van der Waals surface area contributed by atoms with E-state index in [4.69, 9.17) is 28.4 Å². The highest BCUT2D eigenvalue weighted by Crippen LogP contribution is 2.42. The number of carbonyl (C=O) groups excluding carboxylic acids is 1. The minimum atomic E-state index is -0.521. The topological polar surface area (TPSA) is 72.5 Å². The molecule has 2 aromatic rings. The molecule has 0 bridgehead atoms. The third kappa shape index (κ3) is 4.90. The summed E-state index contributed by atoms with van der Waals surface area (Å²) in [6, 6.07) is 6.83. The minimum absolute atomic E-state index is 0.228. The Bertz CT molecular complexity index is 954. The Morgan fingerprint density at radius 3 is 2.03 bits per heavy atom. The van der Waals surface area contributed by atoms with Crippen molar-refractivity contribution in [1.82, 2.24) is 0 Å².